The van der Waals surface area contributed by atoms with Gasteiger partial charge in [0.15, 0.2) is 5.65 Å². The van der Waals surface area contributed by atoms with Crippen molar-refractivity contribution in [2.45, 2.75) is 19.8 Å². The van der Waals surface area contributed by atoms with Crippen molar-refractivity contribution in [3.8, 4) is 0 Å². The molecule has 1 atom stereocenters. The van der Waals surface area contributed by atoms with Crippen LogP contribution >= 0.6 is 0 Å². The topological polar surface area (TPSA) is 71.8 Å². The summed E-state index contributed by atoms with van der Waals surface area (Å²) in [5.74, 6) is 0.470. The zero-order chi connectivity index (χ0) is 14.8. The zero-order valence-electron chi connectivity index (χ0n) is 12.5. The molecule has 1 amide bonds. The highest BCUT2D eigenvalue weighted by molar-refractivity contribution is 5.97. The number of hydrogen-bond donors (Lipinski definition) is 2. The minimum atomic E-state index is -0.0572. The summed E-state index contributed by atoms with van der Waals surface area (Å²) in [6.07, 6.45) is 3.98. The summed E-state index contributed by atoms with van der Waals surface area (Å²) in [6.45, 7) is 4.72. The van der Waals surface area contributed by atoms with Gasteiger partial charge >= 0.3 is 0 Å². The van der Waals surface area contributed by atoms with Gasteiger partial charge in [0.1, 0.15) is 0 Å². The van der Waals surface area contributed by atoms with Crippen molar-refractivity contribution in [3.05, 3.63) is 23.5 Å². The molecule has 6 nitrogen and oxygen atoms in total. The second-order valence-corrected chi connectivity index (χ2v) is 5.73. The average Bonchev–Trinajstić information content (AvgIpc) is 2.80. The Morgan fingerprint density at radius 1 is 1.57 bits per heavy atom. The number of aryl methyl sites for hydroxylation is 2. The summed E-state index contributed by atoms with van der Waals surface area (Å²) in [6, 6.07) is 1.87. The molecule has 0 aliphatic carbocycles. The molecule has 21 heavy (non-hydrogen) atoms. The Bertz CT molecular complexity index is 657. The molecule has 112 valence electrons. The fourth-order valence-electron chi connectivity index (χ4n) is 2.87. The smallest absolute Gasteiger partial charge is 0.252 e. The first-order chi connectivity index (χ1) is 10.1. The van der Waals surface area contributed by atoms with Gasteiger partial charge in [0, 0.05) is 25.2 Å². The third-order valence-electron chi connectivity index (χ3n) is 4.08. The fourth-order valence-corrected chi connectivity index (χ4v) is 2.87. The van der Waals surface area contributed by atoms with E-state index in [9.17, 15) is 4.79 Å². The van der Waals surface area contributed by atoms with E-state index in [-0.39, 0.29) is 5.91 Å². The number of piperidine rings is 1. The van der Waals surface area contributed by atoms with Gasteiger partial charge in [-0.1, -0.05) is 0 Å². The molecule has 2 aromatic rings. The number of carbonyl (C=O) groups excluding carboxylic acids is 1. The van der Waals surface area contributed by atoms with Gasteiger partial charge in [-0.2, -0.15) is 5.10 Å². The zero-order valence-corrected chi connectivity index (χ0v) is 12.5. The van der Waals surface area contributed by atoms with Crippen LogP contribution in [0.4, 0.5) is 0 Å². The Hall–Kier alpha value is -1.95. The summed E-state index contributed by atoms with van der Waals surface area (Å²) in [5.41, 5.74) is 2.30. The molecule has 3 rings (SSSR count). The van der Waals surface area contributed by atoms with Crippen LogP contribution in [0.15, 0.2) is 12.3 Å². The average molecular weight is 287 g/mol. The van der Waals surface area contributed by atoms with Crippen molar-refractivity contribution in [1.82, 2.24) is 25.4 Å². The highest BCUT2D eigenvalue weighted by Gasteiger charge is 2.16. The van der Waals surface area contributed by atoms with Crippen LogP contribution in [-0.2, 0) is 7.05 Å². The number of nitrogens with one attached hydrogen (secondary N) is 2. The highest BCUT2D eigenvalue weighted by atomic mass is 16.1. The predicted octanol–water partition coefficient (Wildman–Crippen LogP) is 1.01. The lowest BCUT2D eigenvalue weighted by Crippen LogP contribution is -2.38. The Balaban J connectivity index is 1.70. The summed E-state index contributed by atoms with van der Waals surface area (Å²) in [5, 5.41) is 11.6. The van der Waals surface area contributed by atoms with Crippen molar-refractivity contribution < 1.29 is 4.79 Å². The van der Waals surface area contributed by atoms with Crippen LogP contribution in [-0.4, -0.2) is 40.3 Å². The number of amides is 1. The molecule has 2 aromatic heterocycles. The van der Waals surface area contributed by atoms with E-state index >= 15 is 0 Å². The number of carbonyl (C=O) groups is 1. The van der Waals surface area contributed by atoms with Gasteiger partial charge in [-0.3, -0.25) is 9.48 Å². The van der Waals surface area contributed by atoms with Crippen LogP contribution in [0.25, 0.3) is 11.0 Å². The van der Waals surface area contributed by atoms with Gasteiger partial charge in [0.25, 0.3) is 5.91 Å². The summed E-state index contributed by atoms with van der Waals surface area (Å²) in [4.78, 5) is 16.6. The van der Waals surface area contributed by atoms with Gasteiger partial charge in [0.2, 0.25) is 0 Å². The summed E-state index contributed by atoms with van der Waals surface area (Å²) < 4.78 is 1.74. The third-order valence-corrected chi connectivity index (χ3v) is 4.08. The van der Waals surface area contributed by atoms with Gasteiger partial charge in [-0.15, -0.1) is 0 Å². The molecule has 0 bridgehead atoms. The van der Waals surface area contributed by atoms with E-state index in [2.05, 4.69) is 20.7 Å². The number of rotatable bonds is 3. The van der Waals surface area contributed by atoms with E-state index in [4.69, 9.17) is 0 Å². The summed E-state index contributed by atoms with van der Waals surface area (Å²) >= 11 is 0. The Morgan fingerprint density at radius 3 is 3.19 bits per heavy atom. The quantitative estimate of drug-likeness (QED) is 0.883. The largest absolute Gasteiger partial charge is 0.352 e. The van der Waals surface area contributed by atoms with Crippen LogP contribution in [0.1, 0.15) is 28.9 Å². The van der Waals surface area contributed by atoms with Gasteiger partial charge in [0.05, 0.1) is 11.3 Å². The Morgan fingerprint density at radius 2 is 2.43 bits per heavy atom. The summed E-state index contributed by atoms with van der Waals surface area (Å²) in [7, 11) is 1.86. The van der Waals surface area contributed by atoms with Gasteiger partial charge < -0.3 is 10.6 Å². The van der Waals surface area contributed by atoms with E-state index in [0.717, 1.165) is 36.4 Å². The highest BCUT2D eigenvalue weighted by Crippen LogP contribution is 2.16. The van der Waals surface area contributed by atoms with E-state index in [1.807, 2.05) is 20.0 Å². The molecular weight excluding hydrogens is 266 g/mol. The molecule has 1 unspecified atom stereocenters. The van der Waals surface area contributed by atoms with Crippen LogP contribution in [0.2, 0.25) is 0 Å². The van der Waals surface area contributed by atoms with Crippen molar-refractivity contribution in [2.75, 3.05) is 19.6 Å². The lowest BCUT2D eigenvalue weighted by Gasteiger charge is -2.22. The van der Waals surface area contributed by atoms with E-state index < -0.39 is 0 Å². The van der Waals surface area contributed by atoms with E-state index in [0.29, 0.717) is 11.5 Å². The molecule has 1 aliphatic heterocycles. The van der Waals surface area contributed by atoms with E-state index in [1.54, 1.807) is 10.9 Å². The van der Waals surface area contributed by atoms with Crippen molar-refractivity contribution >= 4 is 16.9 Å². The minimum Gasteiger partial charge on any atom is -0.352 e. The first kappa shape index (κ1) is 14.0. The van der Waals surface area contributed by atoms with Crippen LogP contribution in [0.3, 0.4) is 0 Å². The second kappa shape index (κ2) is 5.81. The number of hydrogen-bond acceptors (Lipinski definition) is 4. The maximum atomic E-state index is 12.3. The van der Waals surface area contributed by atoms with Crippen LogP contribution in [0, 0.1) is 12.8 Å². The lowest BCUT2D eigenvalue weighted by molar-refractivity contribution is 0.0944. The molecule has 1 saturated heterocycles. The molecule has 3 heterocycles. The number of fused-ring (bicyclic) bond motifs is 1. The normalized spacial score (nSPS) is 18.9. The number of aromatic nitrogens is 3. The maximum Gasteiger partial charge on any atom is 0.252 e. The molecule has 0 aromatic carbocycles. The maximum absolute atomic E-state index is 12.3. The molecule has 0 radical (unpaired) electrons. The molecule has 2 N–H and O–H groups in total. The second-order valence-electron chi connectivity index (χ2n) is 5.73. The minimum absolute atomic E-state index is 0.0572. The van der Waals surface area contributed by atoms with E-state index in [1.165, 1.54) is 12.8 Å². The molecule has 1 fully saturated rings. The van der Waals surface area contributed by atoms with Gasteiger partial charge in [-0.05, 0) is 44.8 Å². The third kappa shape index (κ3) is 2.90. The molecular formula is C15H21N5O. The molecule has 1 aliphatic rings. The first-order valence-corrected chi connectivity index (χ1v) is 7.43. The molecule has 6 heteroatoms. The molecule has 0 saturated carbocycles. The van der Waals surface area contributed by atoms with Crippen molar-refractivity contribution in [2.24, 2.45) is 13.0 Å². The standard InChI is InChI=1S/C15H21N5O/c1-10-13-6-12(9-17-14(13)20(2)19-10)15(21)18-8-11-4-3-5-16-7-11/h6,9,11,16H,3-5,7-8H2,1-2H3,(H,18,21). The number of nitrogens with zero attached hydrogens (tertiary/aromatic N) is 3. The first-order valence-electron chi connectivity index (χ1n) is 7.43. The Kier molecular flexibility index (Phi) is 3.88. The lowest BCUT2D eigenvalue weighted by atomic mass is 10.00. The van der Waals surface area contributed by atoms with Crippen LogP contribution in [0.5, 0.6) is 0 Å². The molecule has 0 spiro atoms. The fraction of sp³-hybridized carbons (Fsp3) is 0.533. The Labute approximate surface area is 123 Å². The van der Waals surface area contributed by atoms with Crippen molar-refractivity contribution in [3.63, 3.8) is 0 Å². The SMILES string of the molecule is Cc1nn(C)c2ncc(C(=O)NCC3CCCNC3)cc12. The van der Waals surface area contributed by atoms with Crippen LogP contribution < -0.4 is 10.6 Å². The number of pyridine rings is 1. The predicted molar refractivity (Wildman–Crippen MR) is 81.2 cm³/mol. The van der Waals surface area contributed by atoms with Gasteiger partial charge in [-0.25, -0.2) is 4.98 Å². The van der Waals surface area contributed by atoms with Crippen molar-refractivity contribution in [1.29, 1.82) is 0 Å². The monoisotopic (exact) mass is 287 g/mol.